The van der Waals surface area contributed by atoms with Crippen LogP contribution in [0.15, 0.2) is 12.1 Å². The van der Waals surface area contributed by atoms with Crippen LogP contribution in [0.1, 0.15) is 18.4 Å². The second kappa shape index (κ2) is 4.42. The lowest BCUT2D eigenvalue weighted by molar-refractivity contribution is -0.124. The fourth-order valence-corrected chi connectivity index (χ4v) is 2.65. The lowest BCUT2D eigenvalue weighted by atomic mass is 9.80. The molecule has 1 aliphatic carbocycles. The van der Waals surface area contributed by atoms with Crippen molar-refractivity contribution in [2.45, 2.75) is 25.8 Å². The predicted molar refractivity (Wildman–Crippen MR) is 71.4 cm³/mol. The molecule has 0 aromatic heterocycles. The molecule has 1 amide bonds. The van der Waals surface area contributed by atoms with Crippen LogP contribution in [0.25, 0.3) is 0 Å². The van der Waals surface area contributed by atoms with Gasteiger partial charge in [-0.3, -0.25) is 4.79 Å². The van der Waals surface area contributed by atoms with Crippen LogP contribution in [-0.4, -0.2) is 25.8 Å². The summed E-state index contributed by atoms with van der Waals surface area (Å²) < 4.78 is 10.7. The third kappa shape index (κ3) is 2.04. The van der Waals surface area contributed by atoms with Crippen molar-refractivity contribution < 1.29 is 14.3 Å². The summed E-state index contributed by atoms with van der Waals surface area (Å²) in [5.41, 5.74) is 7.62. The number of fused-ring (bicyclic) bond motifs is 1. The van der Waals surface area contributed by atoms with E-state index >= 15 is 0 Å². The highest BCUT2D eigenvalue weighted by Gasteiger charge is 2.34. The van der Waals surface area contributed by atoms with Crippen molar-refractivity contribution in [2.24, 2.45) is 11.7 Å². The Hall–Kier alpha value is -1.75. The number of benzene rings is 1. The fraction of sp³-hybridized carbons (Fsp3) is 0.500. The number of anilines is 1. The highest BCUT2D eigenvalue weighted by atomic mass is 16.7. The average molecular weight is 262 g/mol. The van der Waals surface area contributed by atoms with Gasteiger partial charge in [-0.15, -0.1) is 0 Å². The molecule has 19 heavy (non-hydrogen) atoms. The van der Waals surface area contributed by atoms with Crippen molar-refractivity contribution in [3.63, 3.8) is 0 Å². The Labute approximate surface area is 112 Å². The molecule has 1 aromatic carbocycles. The molecule has 1 heterocycles. The minimum Gasteiger partial charge on any atom is -0.454 e. The van der Waals surface area contributed by atoms with Crippen LogP contribution >= 0.6 is 0 Å². The van der Waals surface area contributed by atoms with Crippen LogP contribution < -0.4 is 20.1 Å². The first-order chi connectivity index (χ1) is 9.06. The molecule has 1 aromatic rings. The number of nitrogens with two attached hydrogens (primary N) is 1. The second-order valence-electron chi connectivity index (χ2n) is 5.32. The van der Waals surface area contributed by atoms with Crippen LogP contribution in [0.3, 0.4) is 0 Å². The van der Waals surface area contributed by atoms with Crippen molar-refractivity contribution in [2.75, 3.05) is 18.7 Å². The standard InChI is InChI=1S/C14H18N2O3/c1-8-3-12-13(19-7-18-12)6-11(8)16(2)14(17)9-4-10(15)5-9/h3,6,9-10H,4-5,7,15H2,1-2H3. The minimum atomic E-state index is 0.0600. The summed E-state index contributed by atoms with van der Waals surface area (Å²) in [5.74, 6) is 1.63. The van der Waals surface area contributed by atoms with Gasteiger partial charge in [0.15, 0.2) is 11.5 Å². The Balaban J connectivity index is 1.83. The van der Waals surface area contributed by atoms with Gasteiger partial charge in [-0.1, -0.05) is 0 Å². The number of carbonyl (C=O) groups excluding carboxylic acids is 1. The molecule has 0 unspecified atom stereocenters. The first kappa shape index (κ1) is 12.3. The van der Waals surface area contributed by atoms with Gasteiger partial charge in [-0.25, -0.2) is 0 Å². The van der Waals surface area contributed by atoms with Gasteiger partial charge in [0.05, 0.1) is 5.69 Å². The number of nitrogens with zero attached hydrogens (tertiary/aromatic N) is 1. The van der Waals surface area contributed by atoms with Gasteiger partial charge < -0.3 is 20.1 Å². The highest BCUT2D eigenvalue weighted by molar-refractivity contribution is 5.96. The maximum atomic E-state index is 12.3. The van der Waals surface area contributed by atoms with E-state index < -0.39 is 0 Å². The van der Waals surface area contributed by atoms with Crippen molar-refractivity contribution in [1.82, 2.24) is 0 Å². The zero-order valence-electron chi connectivity index (χ0n) is 11.2. The van der Waals surface area contributed by atoms with E-state index in [4.69, 9.17) is 15.2 Å². The molecule has 0 radical (unpaired) electrons. The Bertz CT molecular complexity index is 524. The van der Waals surface area contributed by atoms with E-state index in [-0.39, 0.29) is 24.7 Å². The monoisotopic (exact) mass is 262 g/mol. The largest absolute Gasteiger partial charge is 0.454 e. The highest BCUT2D eigenvalue weighted by Crippen LogP contribution is 2.39. The van der Waals surface area contributed by atoms with Gasteiger partial charge >= 0.3 is 0 Å². The van der Waals surface area contributed by atoms with E-state index in [2.05, 4.69) is 0 Å². The third-order valence-electron chi connectivity index (χ3n) is 3.91. The van der Waals surface area contributed by atoms with Gasteiger partial charge in [-0.05, 0) is 31.4 Å². The van der Waals surface area contributed by atoms with E-state index in [9.17, 15) is 4.79 Å². The van der Waals surface area contributed by atoms with Gasteiger partial charge in [0.25, 0.3) is 0 Å². The quantitative estimate of drug-likeness (QED) is 0.875. The zero-order valence-corrected chi connectivity index (χ0v) is 11.2. The second-order valence-corrected chi connectivity index (χ2v) is 5.32. The number of ether oxygens (including phenoxy) is 2. The summed E-state index contributed by atoms with van der Waals surface area (Å²) in [6.07, 6.45) is 1.57. The number of amides is 1. The molecule has 0 atom stereocenters. The zero-order chi connectivity index (χ0) is 13.6. The predicted octanol–water partition coefficient (Wildman–Crippen LogP) is 1.42. The first-order valence-electron chi connectivity index (χ1n) is 6.49. The van der Waals surface area contributed by atoms with Crippen molar-refractivity contribution in [3.8, 4) is 11.5 Å². The summed E-state index contributed by atoms with van der Waals surface area (Å²) in [6.45, 7) is 2.21. The Morgan fingerprint density at radius 2 is 1.95 bits per heavy atom. The molecule has 1 fully saturated rings. The molecule has 5 nitrogen and oxygen atoms in total. The van der Waals surface area contributed by atoms with Gasteiger partial charge in [0.2, 0.25) is 12.7 Å². The van der Waals surface area contributed by atoms with Crippen LogP contribution in [0.4, 0.5) is 5.69 Å². The Morgan fingerprint density at radius 1 is 1.32 bits per heavy atom. The van der Waals surface area contributed by atoms with Gasteiger partial charge in [-0.2, -0.15) is 0 Å². The third-order valence-corrected chi connectivity index (χ3v) is 3.91. The summed E-state index contributed by atoms with van der Waals surface area (Å²) in [4.78, 5) is 14.0. The maximum absolute atomic E-state index is 12.3. The number of aryl methyl sites for hydroxylation is 1. The van der Waals surface area contributed by atoms with Crippen molar-refractivity contribution >= 4 is 11.6 Å². The van der Waals surface area contributed by atoms with E-state index in [1.807, 2.05) is 19.1 Å². The maximum Gasteiger partial charge on any atom is 0.231 e. The molecule has 102 valence electrons. The molecule has 5 heteroatoms. The van der Waals surface area contributed by atoms with Crippen LogP contribution in [0.2, 0.25) is 0 Å². The lowest BCUT2D eigenvalue weighted by Crippen LogP contribution is -2.45. The Kier molecular flexibility index (Phi) is 2.86. The summed E-state index contributed by atoms with van der Waals surface area (Å²) in [5, 5.41) is 0. The summed E-state index contributed by atoms with van der Waals surface area (Å²) >= 11 is 0. The number of hydrogen-bond donors (Lipinski definition) is 1. The Morgan fingerprint density at radius 3 is 2.58 bits per heavy atom. The van der Waals surface area contributed by atoms with E-state index in [0.717, 1.165) is 29.8 Å². The molecule has 2 N–H and O–H groups in total. The first-order valence-corrected chi connectivity index (χ1v) is 6.49. The molecule has 1 aliphatic heterocycles. The topological polar surface area (TPSA) is 64.8 Å². The van der Waals surface area contributed by atoms with Crippen molar-refractivity contribution in [3.05, 3.63) is 17.7 Å². The molecule has 0 bridgehead atoms. The van der Waals surface area contributed by atoms with Crippen molar-refractivity contribution in [1.29, 1.82) is 0 Å². The molecule has 3 rings (SSSR count). The molecular formula is C14H18N2O3. The summed E-state index contributed by atoms with van der Waals surface area (Å²) in [7, 11) is 1.80. The number of hydrogen-bond acceptors (Lipinski definition) is 4. The molecular weight excluding hydrogens is 244 g/mol. The molecule has 0 saturated heterocycles. The minimum absolute atomic E-state index is 0.0600. The van der Waals surface area contributed by atoms with Crippen LogP contribution in [0.5, 0.6) is 11.5 Å². The van der Waals surface area contributed by atoms with Gasteiger partial charge in [0.1, 0.15) is 0 Å². The molecule has 0 spiro atoms. The lowest BCUT2D eigenvalue weighted by Gasteiger charge is -2.34. The van der Waals surface area contributed by atoms with Crippen LogP contribution in [-0.2, 0) is 4.79 Å². The molecule has 1 saturated carbocycles. The average Bonchev–Trinajstić information content (AvgIpc) is 2.79. The fourth-order valence-electron chi connectivity index (χ4n) is 2.65. The molecule has 2 aliphatic rings. The smallest absolute Gasteiger partial charge is 0.231 e. The van der Waals surface area contributed by atoms with E-state index in [1.54, 1.807) is 11.9 Å². The number of carbonyl (C=O) groups is 1. The van der Waals surface area contributed by atoms with Gasteiger partial charge in [0, 0.05) is 25.1 Å². The number of rotatable bonds is 2. The van der Waals surface area contributed by atoms with E-state index in [0.29, 0.717) is 5.75 Å². The van der Waals surface area contributed by atoms with E-state index in [1.165, 1.54) is 0 Å². The SMILES string of the molecule is Cc1cc2c(cc1N(C)C(=O)C1CC(N)C1)OCO2. The summed E-state index contributed by atoms with van der Waals surface area (Å²) in [6, 6.07) is 3.96. The normalized spacial score (nSPS) is 23.9. The van der Waals surface area contributed by atoms with Crippen LogP contribution in [0, 0.1) is 12.8 Å².